The fourth-order valence-electron chi connectivity index (χ4n) is 23.0. The molecule has 0 spiro atoms. The molecule has 454 valence electrons. The number of fused-ring (bicyclic) bond motifs is 15. The van der Waals surface area contributed by atoms with Gasteiger partial charge in [0.2, 0.25) is 10.5 Å². The smallest absolute Gasteiger partial charge is 0.302 e. The van der Waals surface area contributed by atoms with Gasteiger partial charge < -0.3 is 13.6 Å². The second-order valence-corrected chi connectivity index (χ2v) is 37.8. The Bertz CT molecular complexity index is 2500. The maximum absolute atomic E-state index is 12.4. The van der Waals surface area contributed by atoms with Gasteiger partial charge in [-0.3, -0.25) is 19.2 Å². The molecule has 0 amide bonds. The summed E-state index contributed by atoms with van der Waals surface area (Å²) in [6, 6.07) is 0. The minimum absolute atomic E-state index is 0. The van der Waals surface area contributed by atoms with Crippen molar-refractivity contribution < 1.29 is 157 Å². The number of hydrogen-bond donors (Lipinski definition) is 0. The van der Waals surface area contributed by atoms with Crippen LogP contribution in [0.3, 0.4) is 0 Å². The van der Waals surface area contributed by atoms with Crippen LogP contribution < -0.4 is 0 Å². The van der Waals surface area contributed by atoms with Crippen molar-refractivity contribution in [1.82, 2.24) is 0 Å². The minimum atomic E-state index is -1.71. The summed E-state index contributed by atoms with van der Waals surface area (Å²) < 4.78 is 17.9. The van der Waals surface area contributed by atoms with Crippen LogP contribution in [0.1, 0.15) is 244 Å². The van der Waals surface area contributed by atoms with E-state index in [0.717, 1.165) is 105 Å². The molecule has 9 fully saturated rings. The number of ether oxygens (including phenoxy) is 1. The van der Waals surface area contributed by atoms with Gasteiger partial charge in [-0.05, 0) is 272 Å². The molecule has 12 aliphatic rings. The predicted molar refractivity (Wildman–Crippen MR) is 326 cm³/mol. The molecule has 9 saturated carbocycles. The van der Waals surface area contributed by atoms with Crippen LogP contribution >= 0.6 is 0 Å². The molecule has 0 aliphatic heterocycles. The third kappa shape index (κ3) is 13.1. The molecule has 83 heavy (non-hydrogen) atoms. The van der Waals surface area contributed by atoms with Crippen molar-refractivity contribution in [3.63, 3.8) is 0 Å². The number of carbonyl (C=O) groups excluding carboxylic acids is 4. The van der Waals surface area contributed by atoms with Crippen molar-refractivity contribution in [2.45, 2.75) is 281 Å². The van der Waals surface area contributed by atoms with Gasteiger partial charge in [0.1, 0.15) is 23.5 Å². The van der Waals surface area contributed by atoms with E-state index in [0.29, 0.717) is 58.1 Å². The van der Waals surface area contributed by atoms with Crippen LogP contribution in [0.4, 0.5) is 0 Å². The first-order valence-electron chi connectivity index (χ1n) is 33.2. The molecule has 12 rings (SSSR count). The van der Waals surface area contributed by atoms with Gasteiger partial charge in [-0.25, -0.2) is 0 Å². The van der Waals surface area contributed by atoms with Gasteiger partial charge in [0.05, 0.1) is 0 Å². The third-order valence-corrected chi connectivity index (χ3v) is 33.3. The molecule has 0 aromatic rings. The summed E-state index contributed by atoms with van der Waals surface area (Å²) in [6.07, 6.45) is 37.2. The van der Waals surface area contributed by atoms with Gasteiger partial charge in [-0.2, -0.15) is 0 Å². The standard InChI is InChI=1S/C27H46O2Si.C23H34O3.C21H31O2Si.3Pr/c1-18(28)22-11-12-23-21-10-9-19-17-20(29-30(7,8)25(2,3)4)13-15-26(19,5)24(21)14-16-27(22,23)6;1-14(24)19-7-8-20-18-6-5-16-13-17(26-15(2)25)9-11-22(16,3)21(18)10-12-23(19,20)4;1-13(22)17-6-7-18-16-5-4-14-12-15(23-24)8-10-20(14,2)19(16)9-11-21(17,18)3;;;/h9,20-24H,10-17H2,1-8H3;5,17-21H,6-13H2,1-4H3;4,15-19H,5-12H2,1-3H3;;;/t20-,21-,22+,23-,24-,26-,27+;17-,18-,19+,20-,21-,22-,23+;15-,16-,17+,18-,19-,20-,21+;;;/m000.../s1. The topological polar surface area (TPSA) is 96.0 Å². The molecule has 21 atom stereocenters. The van der Waals surface area contributed by atoms with Crippen molar-refractivity contribution in [3.05, 3.63) is 34.9 Å². The predicted octanol–water partition coefficient (Wildman–Crippen LogP) is 17.3. The number of allylic oxidation sites excluding steroid dienone is 3. The van der Waals surface area contributed by atoms with Crippen LogP contribution in [0.2, 0.25) is 18.1 Å². The first kappa shape index (κ1) is 72.6. The van der Waals surface area contributed by atoms with Crippen LogP contribution in [0.25, 0.3) is 0 Å². The monoisotopic (exact) mass is 1550 g/mol. The Morgan fingerprint density at radius 1 is 0.458 bits per heavy atom. The molecule has 0 aromatic heterocycles. The number of carbonyl (C=O) groups is 4. The molecule has 0 saturated heterocycles. The van der Waals surface area contributed by atoms with Crippen LogP contribution in [-0.4, -0.2) is 60.4 Å². The Morgan fingerprint density at radius 2 is 0.771 bits per heavy atom. The van der Waals surface area contributed by atoms with Crippen molar-refractivity contribution in [1.29, 1.82) is 0 Å². The molecular formula is C71H111O7Pr3Si2. The number of hydrogen-bond acceptors (Lipinski definition) is 7. The van der Waals surface area contributed by atoms with Gasteiger partial charge in [0.15, 0.2) is 8.32 Å². The second kappa shape index (κ2) is 27.2. The summed E-state index contributed by atoms with van der Waals surface area (Å²) in [5.74, 6) is 8.96. The molecule has 7 nitrogen and oxygen atoms in total. The molecule has 12 aliphatic carbocycles. The molecular weight excluding hydrogens is 1440 g/mol. The van der Waals surface area contributed by atoms with E-state index in [2.05, 4.69) is 104 Å². The Kier molecular flexibility index (Phi) is 23.8. The van der Waals surface area contributed by atoms with E-state index in [1.165, 1.54) is 103 Å². The van der Waals surface area contributed by atoms with Crippen molar-refractivity contribution in [2.75, 3.05) is 0 Å². The fourth-order valence-corrected chi connectivity index (χ4v) is 24.6. The van der Waals surface area contributed by atoms with E-state index in [1.54, 1.807) is 23.6 Å². The van der Waals surface area contributed by atoms with E-state index in [1.807, 2.05) is 13.8 Å². The summed E-state index contributed by atoms with van der Waals surface area (Å²) in [6.45, 7) is 33.7. The first-order valence-corrected chi connectivity index (χ1v) is 36.5. The summed E-state index contributed by atoms with van der Waals surface area (Å²) in [4.78, 5) is 48.1. The van der Waals surface area contributed by atoms with E-state index < -0.39 is 8.32 Å². The molecule has 12 heteroatoms. The number of rotatable bonds is 7. The summed E-state index contributed by atoms with van der Waals surface area (Å²) in [5.41, 5.74) is 6.68. The average molecular weight is 1560 g/mol. The van der Waals surface area contributed by atoms with Gasteiger partial charge in [-0.1, -0.05) is 97.3 Å². The quantitative estimate of drug-likeness (QED) is 0.142. The normalized spacial score (nSPS) is 45.3. The number of Topliss-reactive ketones (excluding diaryl/α,β-unsaturated/α-hetero) is 3. The van der Waals surface area contributed by atoms with Crippen molar-refractivity contribution in [3.8, 4) is 0 Å². The second-order valence-electron chi connectivity index (χ2n) is 32.8. The molecule has 6 radical (unpaired) electrons. The molecule has 0 bridgehead atoms. The molecule has 0 N–H and O–H groups in total. The van der Waals surface area contributed by atoms with Gasteiger partial charge in [-0.15, -0.1) is 0 Å². The van der Waals surface area contributed by atoms with Crippen molar-refractivity contribution >= 4 is 42.1 Å². The van der Waals surface area contributed by atoms with Gasteiger partial charge >= 0.3 is 5.97 Å². The molecule has 0 unspecified atom stereocenters. The van der Waals surface area contributed by atoms with Crippen LogP contribution in [0.5, 0.6) is 0 Å². The SMILES string of the molecule is CC(=O)O[C@H]1CC[C@@]2(C)C(=CC[C@H]3[C@@H]4CC[C@H](C(C)=O)[C@@]4(C)CC[C@@H]32)C1.CC(=O)[C@H]1CC[C@H]2[C@@H]3CC=C4C[C@@H](O[Si](C)(C)C(C)(C)C)CC[C@]4(C)[C@H]3CC[C@]12C.CC(=O)[C@H]1CC[C@H]2[C@@H]3CC=C4C[C@@H](O[Si])CC[C@]4(C)[C@H]3CC[C@]12C.[Pr].[Pr].[Pr]. The maximum Gasteiger partial charge on any atom is 0.302 e. The summed E-state index contributed by atoms with van der Waals surface area (Å²) >= 11 is 0. The van der Waals surface area contributed by atoms with E-state index in [4.69, 9.17) is 13.6 Å². The first-order chi connectivity index (χ1) is 37.4. The Labute approximate surface area is 609 Å². The zero-order valence-electron chi connectivity index (χ0n) is 55.0. The zero-order valence-corrected chi connectivity index (χ0v) is 68.1. The van der Waals surface area contributed by atoms with Crippen molar-refractivity contribution in [2.24, 2.45) is 104 Å². The van der Waals surface area contributed by atoms with E-state index in [-0.39, 0.29) is 169 Å². The molecule has 0 aromatic carbocycles. The van der Waals surface area contributed by atoms with E-state index >= 15 is 0 Å². The van der Waals surface area contributed by atoms with E-state index in [9.17, 15) is 19.2 Å². The van der Waals surface area contributed by atoms with Gasteiger partial charge in [0.25, 0.3) is 0 Å². The Balaban J connectivity index is 0.000000177. The van der Waals surface area contributed by atoms with Crippen LogP contribution in [0.15, 0.2) is 34.9 Å². The minimum Gasteiger partial charge on any atom is -0.462 e. The number of esters is 1. The molecule has 0 heterocycles. The van der Waals surface area contributed by atoms with Crippen LogP contribution in [-0.2, 0) is 32.8 Å². The zero-order chi connectivity index (χ0) is 57.9. The maximum atomic E-state index is 12.4. The fraction of sp³-hybridized carbons (Fsp3) is 0.859. The Morgan fingerprint density at radius 3 is 1.08 bits per heavy atom. The average Bonchev–Trinajstić information content (AvgIpc) is 3.67. The third-order valence-electron chi connectivity index (χ3n) is 28.4. The number of ketones is 3. The van der Waals surface area contributed by atoms with Crippen LogP contribution in [0, 0.1) is 227 Å². The summed E-state index contributed by atoms with van der Waals surface area (Å²) in [5, 5.41) is 0.281. The Hall–Kier alpha value is 2.14. The largest absolute Gasteiger partial charge is 0.462 e. The van der Waals surface area contributed by atoms with Gasteiger partial charge in [0, 0.05) is 167 Å². The summed E-state index contributed by atoms with van der Waals surface area (Å²) in [7, 11) is 1.56.